The molecule has 6 heteroatoms. The molecule has 1 aromatic carbocycles. The van der Waals surface area contributed by atoms with Gasteiger partial charge in [0, 0.05) is 24.7 Å². The van der Waals surface area contributed by atoms with E-state index in [-0.39, 0.29) is 16.9 Å². The van der Waals surface area contributed by atoms with Crippen LogP contribution in [0.15, 0.2) is 54.7 Å². The number of rotatable bonds is 9. The maximum Gasteiger partial charge on any atom is 0.136 e. The molecule has 0 aliphatic heterocycles. The van der Waals surface area contributed by atoms with E-state index in [2.05, 4.69) is 9.71 Å². The number of nitrogens with zero attached hydrogens (tertiary/aromatic N) is 1. The van der Waals surface area contributed by atoms with Gasteiger partial charge in [0.05, 0.1) is 18.9 Å². The van der Waals surface area contributed by atoms with Gasteiger partial charge in [-0.25, -0.2) is 0 Å². The van der Waals surface area contributed by atoms with Crippen LogP contribution in [-0.4, -0.2) is 34.0 Å². The molecule has 1 heterocycles. The topological polar surface area (TPSA) is 66.4 Å². The fourth-order valence-corrected chi connectivity index (χ4v) is 3.23. The van der Waals surface area contributed by atoms with Gasteiger partial charge in [-0.05, 0) is 38.5 Å². The monoisotopic (exact) mass is 376 g/mol. The molecule has 0 amide bonds. The van der Waals surface area contributed by atoms with E-state index in [4.69, 9.17) is 9.47 Å². The second kappa shape index (κ2) is 10.0. The average Bonchev–Trinajstić information content (AvgIpc) is 2.63. The Morgan fingerprint density at radius 1 is 1.12 bits per heavy atom. The summed E-state index contributed by atoms with van der Waals surface area (Å²) in [6.45, 7) is 6.63. The van der Waals surface area contributed by atoms with Crippen molar-refractivity contribution in [3.05, 3.63) is 66.0 Å². The van der Waals surface area contributed by atoms with Gasteiger partial charge in [0.2, 0.25) is 0 Å². The summed E-state index contributed by atoms with van der Waals surface area (Å²) in [6.07, 6.45) is 1.36. The lowest BCUT2D eigenvalue weighted by Gasteiger charge is -2.31. The van der Waals surface area contributed by atoms with Crippen molar-refractivity contribution in [2.45, 2.75) is 44.3 Å². The van der Waals surface area contributed by atoms with Crippen LogP contribution < -0.4 is 4.72 Å². The standard InChI is InChI=1S/C20H28N2O3S/c1-20(2,3)26(23)22-18(15-25-14-16-10-6-5-7-11-16)19(24-4)17-12-8-9-13-21-17/h5-13,18-19,22H,14-15H2,1-4H3/t18-,19-,26+/m0/s1. The normalized spacial score (nSPS) is 15.4. The Morgan fingerprint density at radius 2 is 1.81 bits per heavy atom. The van der Waals surface area contributed by atoms with Crippen LogP contribution in [0, 0.1) is 0 Å². The summed E-state index contributed by atoms with van der Waals surface area (Å²) < 4.78 is 27.0. The van der Waals surface area contributed by atoms with Crippen molar-refractivity contribution in [1.82, 2.24) is 9.71 Å². The minimum Gasteiger partial charge on any atom is -0.598 e. The van der Waals surface area contributed by atoms with Crippen molar-refractivity contribution in [2.75, 3.05) is 13.7 Å². The molecule has 0 unspecified atom stereocenters. The van der Waals surface area contributed by atoms with Gasteiger partial charge < -0.3 is 14.0 Å². The predicted molar refractivity (Wildman–Crippen MR) is 105 cm³/mol. The van der Waals surface area contributed by atoms with E-state index in [0.29, 0.717) is 13.2 Å². The molecule has 1 aromatic heterocycles. The minimum atomic E-state index is -1.25. The molecule has 142 valence electrons. The zero-order chi connectivity index (χ0) is 19.0. The van der Waals surface area contributed by atoms with Gasteiger partial charge in [0.1, 0.15) is 16.9 Å². The first kappa shape index (κ1) is 20.9. The summed E-state index contributed by atoms with van der Waals surface area (Å²) >= 11 is -1.25. The predicted octanol–water partition coefficient (Wildman–Crippen LogP) is 3.41. The van der Waals surface area contributed by atoms with E-state index >= 15 is 0 Å². The van der Waals surface area contributed by atoms with E-state index in [1.165, 1.54) is 0 Å². The molecule has 5 nitrogen and oxygen atoms in total. The van der Waals surface area contributed by atoms with Gasteiger partial charge in [-0.15, -0.1) is 4.72 Å². The van der Waals surface area contributed by atoms with Gasteiger partial charge >= 0.3 is 0 Å². The largest absolute Gasteiger partial charge is 0.598 e. The number of hydrogen-bond donors (Lipinski definition) is 1. The van der Waals surface area contributed by atoms with E-state index < -0.39 is 11.4 Å². The Balaban J connectivity index is 2.09. The fraction of sp³-hybridized carbons (Fsp3) is 0.450. The van der Waals surface area contributed by atoms with Gasteiger partial charge in [-0.3, -0.25) is 4.98 Å². The second-order valence-corrected chi connectivity index (χ2v) is 9.01. The molecule has 0 spiro atoms. The van der Waals surface area contributed by atoms with Crippen molar-refractivity contribution in [3.63, 3.8) is 0 Å². The highest BCUT2D eigenvalue weighted by Crippen LogP contribution is 2.22. The van der Waals surface area contributed by atoms with Gasteiger partial charge in [0.25, 0.3) is 0 Å². The molecule has 0 radical (unpaired) electrons. The van der Waals surface area contributed by atoms with Crippen LogP contribution in [0.25, 0.3) is 0 Å². The molecule has 2 aromatic rings. The van der Waals surface area contributed by atoms with Crippen LogP contribution in [-0.2, 0) is 27.4 Å². The van der Waals surface area contributed by atoms with Gasteiger partial charge in [0.15, 0.2) is 0 Å². The molecular formula is C20H28N2O3S. The maximum absolute atomic E-state index is 12.6. The van der Waals surface area contributed by atoms with E-state index in [9.17, 15) is 4.55 Å². The molecule has 3 atom stereocenters. The fourth-order valence-electron chi connectivity index (χ4n) is 2.41. The number of benzene rings is 1. The van der Waals surface area contributed by atoms with Gasteiger partial charge in [-0.1, -0.05) is 36.4 Å². The summed E-state index contributed by atoms with van der Waals surface area (Å²) in [6, 6.07) is 15.4. The first-order valence-electron chi connectivity index (χ1n) is 8.65. The molecule has 0 saturated carbocycles. The average molecular weight is 377 g/mol. The number of pyridine rings is 1. The van der Waals surface area contributed by atoms with Crippen LogP contribution in [0.5, 0.6) is 0 Å². The second-order valence-electron chi connectivity index (χ2n) is 7.02. The number of aromatic nitrogens is 1. The van der Waals surface area contributed by atoms with Crippen LogP contribution >= 0.6 is 0 Å². The summed E-state index contributed by atoms with van der Waals surface area (Å²) in [5, 5.41) is 0. The van der Waals surface area contributed by atoms with E-state index in [1.54, 1.807) is 13.3 Å². The molecule has 1 N–H and O–H groups in total. The molecule has 26 heavy (non-hydrogen) atoms. The van der Waals surface area contributed by atoms with Crippen LogP contribution in [0.3, 0.4) is 0 Å². The molecule has 0 aliphatic carbocycles. The van der Waals surface area contributed by atoms with Crippen molar-refractivity contribution < 1.29 is 14.0 Å². The highest BCUT2D eigenvalue weighted by Gasteiger charge is 2.34. The third-order valence-corrected chi connectivity index (χ3v) is 5.45. The van der Waals surface area contributed by atoms with E-state index in [0.717, 1.165) is 11.3 Å². The lowest BCUT2D eigenvalue weighted by molar-refractivity contribution is 0.0204. The lowest BCUT2D eigenvalue weighted by Crippen LogP contribution is -2.49. The lowest BCUT2D eigenvalue weighted by atomic mass is 10.1. The van der Waals surface area contributed by atoms with Crippen molar-refractivity contribution >= 4 is 11.4 Å². The molecule has 0 saturated heterocycles. The third kappa shape index (κ3) is 6.37. The first-order chi connectivity index (χ1) is 12.4. The maximum atomic E-state index is 12.6. The van der Waals surface area contributed by atoms with Crippen LogP contribution in [0.4, 0.5) is 0 Å². The van der Waals surface area contributed by atoms with Crippen molar-refractivity contribution in [2.24, 2.45) is 0 Å². The molecular weight excluding hydrogens is 348 g/mol. The minimum absolute atomic E-state index is 0.293. The Morgan fingerprint density at radius 3 is 2.38 bits per heavy atom. The van der Waals surface area contributed by atoms with Crippen molar-refractivity contribution in [3.8, 4) is 0 Å². The molecule has 0 bridgehead atoms. The van der Waals surface area contributed by atoms with E-state index in [1.807, 2.05) is 69.3 Å². The summed E-state index contributed by atoms with van der Waals surface area (Å²) in [7, 11) is 1.63. The zero-order valence-corrected chi connectivity index (χ0v) is 16.7. The Bertz CT molecular complexity index is 635. The quantitative estimate of drug-likeness (QED) is 0.680. The molecule has 0 aliphatic rings. The molecule has 2 rings (SSSR count). The third-order valence-electron chi connectivity index (χ3n) is 3.82. The number of nitrogens with one attached hydrogen (secondary N) is 1. The summed E-state index contributed by atoms with van der Waals surface area (Å²) in [5.74, 6) is 0. The number of methoxy groups -OCH3 is 1. The Kier molecular flexibility index (Phi) is 8.06. The SMILES string of the molecule is CO[C@@H](c1ccccn1)[C@H](COCc1ccccc1)N[S@+]([O-])C(C)(C)C. The van der Waals surface area contributed by atoms with Crippen molar-refractivity contribution in [1.29, 1.82) is 0 Å². The van der Waals surface area contributed by atoms with Crippen LogP contribution in [0.2, 0.25) is 0 Å². The summed E-state index contributed by atoms with van der Waals surface area (Å²) in [4.78, 5) is 4.39. The highest BCUT2D eigenvalue weighted by atomic mass is 32.2. The Hall–Kier alpha value is -1.44. The smallest absolute Gasteiger partial charge is 0.136 e. The zero-order valence-electron chi connectivity index (χ0n) is 15.8. The Labute approximate surface area is 159 Å². The van der Waals surface area contributed by atoms with Crippen LogP contribution in [0.1, 0.15) is 38.1 Å². The number of hydrogen-bond acceptors (Lipinski definition) is 5. The molecule has 0 fully saturated rings. The first-order valence-corrected chi connectivity index (χ1v) is 9.80. The summed E-state index contributed by atoms with van der Waals surface area (Å²) in [5.41, 5.74) is 1.87. The van der Waals surface area contributed by atoms with Gasteiger partial charge in [-0.2, -0.15) is 0 Å². The number of ether oxygens (including phenoxy) is 2. The highest BCUT2D eigenvalue weighted by molar-refractivity contribution is 7.90.